The lowest BCUT2D eigenvalue weighted by Crippen LogP contribution is -2.33. The number of nitrogens with one attached hydrogen (secondary N) is 2. The van der Waals surface area contributed by atoms with Crippen LogP contribution < -0.4 is 10.2 Å². The molecule has 5 nitrogen and oxygen atoms in total. The molecule has 2 unspecified atom stereocenters. The Labute approximate surface area is 139 Å². The van der Waals surface area contributed by atoms with Crippen molar-refractivity contribution < 1.29 is 9.90 Å². The van der Waals surface area contributed by atoms with Crippen LogP contribution in [0.15, 0.2) is 29.1 Å². The van der Waals surface area contributed by atoms with Crippen molar-refractivity contribution >= 4 is 17.1 Å². The fourth-order valence-corrected chi connectivity index (χ4v) is 3.17. The van der Waals surface area contributed by atoms with Gasteiger partial charge in [0.1, 0.15) is 0 Å². The van der Waals surface area contributed by atoms with Crippen molar-refractivity contribution in [1.82, 2.24) is 10.3 Å². The summed E-state index contributed by atoms with van der Waals surface area (Å²) in [6, 6.07) is 7.57. The van der Waals surface area contributed by atoms with Gasteiger partial charge >= 0.3 is 4.87 Å². The van der Waals surface area contributed by atoms with Crippen molar-refractivity contribution in [3.8, 4) is 0 Å². The second-order valence-corrected chi connectivity index (χ2v) is 6.72. The standard InChI is InChI=1S/C17H22N2O3S/c1-10-4-6-13(7-5-10)15(21)11(2)18-9-8-14(20)16-12(3)19-17(22)23-16/h4-7,11,15,18,21H,8-9H2,1-3H3,(H,19,22). The van der Waals surface area contributed by atoms with E-state index >= 15 is 0 Å². The van der Waals surface area contributed by atoms with Crippen LogP contribution in [-0.4, -0.2) is 28.5 Å². The average molecular weight is 334 g/mol. The first kappa shape index (κ1) is 17.6. The molecule has 2 aromatic rings. The molecule has 0 amide bonds. The molecule has 0 saturated carbocycles. The number of benzene rings is 1. The van der Waals surface area contributed by atoms with Crippen LogP contribution in [0.5, 0.6) is 0 Å². The van der Waals surface area contributed by atoms with Crippen LogP contribution in [0.1, 0.15) is 45.9 Å². The highest BCUT2D eigenvalue weighted by Gasteiger charge is 2.17. The molecule has 6 heteroatoms. The maximum Gasteiger partial charge on any atom is 0.305 e. The summed E-state index contributed by atoms with van der Waals surface area (Å²) in [5.74, 6) is -0.0598. The van der Waals surface area contributed by atoms with Gasteiger partial charge in [0, 0.05) is 24.7 Å². The number of hydrogen-bond acceptors (Lipinski definition) is 5. The molecular formula is C17H22N2O3S. The Kier molecular flexibility index (Phi) is 5.87. The van der Waals surface area contributed by atoms with E-state index in [1.807, 2.05) is 38.1 Å². The molecule has 0 fully saturated rings. The lowest BCUT2D eigenvalue weighted by molar-refractivity contribution is 0.0975. The van der Waals surface area contributed by atoms with E-state index < -0.39 is 6.10 Å². The van der Waals surface area contributed by atoms with Crippen LogP contribution in [-0.2, 0) is 0 Å². The smallest absolute Gasteiger partial charge is 0.305 e. The van der Waals surface area contributed by atoms with E-state index in [4.69, 9.17) is 0 Å². The first-order valence-corrected chi connectivity index (χ1v) is 8.41. The van der Waals surface area contributed by atoms with Crippen LogP contribution in [0, 0.1) is 13.8 Å². The number of hydrogen-bond donors (Lipinski definition) is 3. The van der Waals surface area contributed by atoms with E-state index in [9.17, 15) is 14.7 Å². The number of H-pyrrole nitrogens is 1. The lowest BCUT2D eigenvalue weighted by atomic mass is 10.0. The highest BCUT2D eigenvalue weighted by molar-refractivity contribution is 7.11. The third-order valence-corrected chi connectivity index (χ3v) is 4.81. The van der Waals surface area contributed by atoms with E-state index in [0.717, 1.165) is 22.5 Å². The van der Waals surface area contributed by atoms with Gasteiger partial charge in [0.15, 0.2) is 5.78 Å². The van der Waals surface area contributed by atoms with Gasteiger partial charge in [-0.25, -0.2) is 0 Å². The number of aryl methyl sites for hydroxylation is 2. The Morgan fingerprint density at radius 3 is 2.52 bits per heavy atom. The van der Waals surface area contributed by atoms with Crippen molar-refractivity contribution in [2.24, 2.45) is 0 Å². The maximum absolute atomic E-state index is 12.1. The quantitative estimate of drug-likeness (QED) is 0.679. The molecule has 0 saturated heterocycles. The summed E-state index contributed by atoms with van der Waals surface area (Å²) in [6.07, 6.45) is -0.338. The van der Waals surface area contributed by atoms with E-state index in [0.29, 0.717) is 23.5 Å². The van der Waals surface area contributed by atoms with Gasteiger partial charge in [0.25, 0.3) is 0 Å². The van der Waals surface area contributed by atoms with Crippen molar-refractivity contribution in [1.29, 1.82) is 0 Å². The van der Waals surface area contributed by atoms with Crippen molar-refractivity contribution in [3.05, 3.63) is 55.6 Å². The predicted molar refractivity (Wildman–Crippen MR) is 92.2 cm³/mol. The first-order valence-electron chi connectivity index (χ1n) is 7.59. The number of ketones is 1. The van der Waals surface area contributed by atoms with E-state index in [1.54, 1.807) is 6.92 Å². The third-order valence-electron chi connectivity index (χ3n) is 3.79. The minimum atomic E-state index is -0.629. The molecule has 0 aliphatic heterocycles. The fraction of sp³-hybridized carbons (Fsp3) is 0.412. The summed E-state index contributed by atoms with van der Waals surface area (Å²) in [5, 5.41) is 13.5. The molecule has 0 radical (unpaired) electrons. The number of aromatic amines is 1. The highest BCUT2D eigenvalue weighted by Crippen LogP contribution is 2.17. The largest absolute Gasteiger partial charge is 0.387 e. The summed E-state index contributed by atoms with van der Waals surface area (Å²) in [4.78, 5) is 26.2. The second-order valence-electron chi connectivity index (χ2n) is 5.74. The van der Waals surface area contributed by atoms with Crippen molar-refractivity contribution in [2.75, 3.05) is 6.54 Å². The average Bonchev–Trinajstić information content (AvgIpc) is 2.85. The van der Waals surface area contributed by atoms with Crippen LogP contribution >= 0.6 is 11.3 Å². The van der Waals surface area contributed by atoms with Gasteiger partial charge in [0.2, 0.25) is 0 Å². The van der Waals surface area contributed by atoms with Gasteiger partial charge < -0.3 is 15.4 Å². The number of carbonyl (C=O) groups excluding carboxylic acids is 1. The summed E-state index contributed by atoms with van der Waals surface area (Å²) < 4.78 is 0. The van der Waals surface area contributed by atoms with Gasteiger partial charge in [0.05, 0.1) is 11.0 Å². The van der Waals surface area contributed by atoms with Crippen LogP contribution in [0.2, 0.25) is 0 Å². The number of carbonyl (C=O) groups is 1. The van der Waals surface area contributed by atoms with Gasteiger partial charge in [-0.15, -0.1) is 0 Å². The molecule has 0 spiro atoms. The summed E-state index contributed by atoms with van der Waals surface area (Å²) in [6.45, 7) is 6.06. The normalized spacial score (nSPS) is 13.7. The van der Waals surface area contributed by atoms with Crippen molar-refractivity contribution in [3.63, 3.8) is 0 Å². The summed E-state index contributed by atoms with van der Waals surface area (Å²) in [7, 11) is 0. The SMILES string of the molecule is Cc1ccc(C(O)C(C)NCCC(=O)c2sc(=O)[nH]c2C)cc1. The summed E-state index contributed by atoms with van der Waals surface area (Å²) in [5.41, 5.74) is 2.62. The van der Waals surface area contributed by atoms with E-state index in [1.165, 1.54) is 0 Å². The Hall–Kier alpha value is -1.76. The topological polar surface area (TPSA) is 82.2 Å². The molecular weight excluding hydrogens is 312 g/mol. The molecule has 0 bridgehead atoms. The molecule has 124 valence electrons. The molecule has 1 aromatic heterocycles. The van der Waals surface area contributed by atoms with Gasteiger partial charge in [-0.1, -0.05) is 41.2 Å². The Morgan fingerprint density at radius 1 is 1.30 bits per heavy atom. The Morgan fingerprint density at radius 2 is 1.96 bits per heavy atom. The number of thiazole rings is 1. The van der Waals surface area contributed by atoms with Gasteiger partial charge in [-0.05, 0) is 26.3 Å². The molecule has 0 aliphatic carbocycles. The molecule has 1 heterocycles. The maximum atomic E-state index is 12.1. The fourth-order valence-electron chi connectivity index (χ4n) is 2.36. The molecule has 0 aliphatic rings. The number of aromatic nitrogens is 1. The van der Waals surface area contributed by atoms with Crippen LogP contribution in [0.4, 0.5) is 0 Å². The molecule has 2 atom stereocenters. The molecule has 1 aromatic carbocycles. The zero-order valence-electron chi connectivity index (χ0n) is 13.6. The van der Waals surface area contributed by atoms with Crippen LogP contribution in [0.3, 0.4) is 0 Å². The second kappa shape index (κ2) is 7.68. The highest BCUT2D eigenvalue weighted by atomic mass is 32.1. The number of aliphatic hydroxyl groups excluding tert-OH is 1. The zero-order valence-corrected chi connectivity index (χ0v) is 14.4. The van der Waals surface area contributed by atoms with Crippen LogP contribution in [0.25, 0.3) is 0 Å². The zero-order chi connectivity index (χ0) is 17.0. The molecule has 2 rings (SSSR count). The van der Waals surface area contributed by atoms with Gasteiger partial charge in [-0.2, -0.15) is 0 Å². The minimum Gasteiger partial charge on any atom is -0.387 e. The monoisotopic (exact) mass is 334 g/mol. The Bertz CT molecular complexity index is 718. The van der Waals surface area contributed by atoms with E-state index in [2.05, 4.69) is 10.3 Å². The molecule has 3 N–H and O–H groups in total. The third kappa shape index (κ3) is 4.60. The summed E-state index contributed by atoms with van der Waals surface area (Å²) >= 11 is 0.948. The number of aliphatic hydroxyl groups is 1. The van der Waals surface area contributed by atoms with Gasteiger partial charge in [-0.3, -0.25) is 9.59 Å². The first-order chi connectivity index (χ1) is 10.9. The number of Topliss-reactive ketones (excluding diaryl/α,β-unsaturated/α-hetero) is 1. The number of rotatable bonds is 7. The predicted octanol–water partition coefficient (Wildman–Crippen LogP) is 2.34. The Balaban J connectivity index is 1.85. The minimum absolute atomic E-state index is 0.0598. The van der Waals surface area contributed by atoms with E-state index in [-0.39, 0.29) is 16.7 Å². The lowest BCUT2D eigenvalue weighted by Gasteiger charge is -2.20. The molecule has 23 heavy (non-hydrogen) atoms. The van der Waals surface area contributed by atoms with Crippen molar-refractivity contribution in [2.45, 2.75) is 39.3 Å².